The highest BCUT2D eigenvalue weighted by molar-refractivity contribution is 5.85. The molecule has 1 fully saturated rings. The molecule has 0 radical (unpaired) electrons. The molecule has 0 unspecified atom stereocenters. The monoisotopic (exact) mass is 257 g/mol. The minimum atomic E-state index is -0.451. The summed E-state index contributed by atoms with van der Waals surface area (Å²) in [4.78, 5) is 16.7. The SMILES string of the molecule is CCN(CCCO)C(=O)C(C)(C)N1CCNCC1. The molecule has 106 valence electrons. The lowest BCUT2D eigenvalue weighted by atomic mass is 9.99. The maximum absolute atomic E-state index is 12.6. The summed E-state index contributed by atoms with van der Waals surface area (Å²) < 4.78 is 0. The van der Waals surface area contributed by atoms with Gasteiger partial charge in [-0.15, -0.1) is 0 Å². The molecule has 1 rings (SSSR count). The third-order valence-corrected chi connectivity index (χ3v) is 3.69. The Morgan fingerprint density at radius 3 is 2.50 bits per heavy atom. The summed E-state index contributed by atoms with van der Waals surface area (Å²) in [6.07, 6.45) is 0.650. The predicted molar refractivity (Wildman–Crippen MR) is 72.5 cm³/mol. The van der Waals surface area contributed by atoms with E-state index in [9.17, 15) is 4.79 Å². The molecule has 2 N–H and O–H groups in total. The van der Waals surface area contributed by atoms with Crippen LogP contribution in [0.1, 0.15) is 27.2 Å². The molecule has 0 saturated carbocycles. The number of likely N-dealkylation sites (N-methyl/N-ethyl adjacent to an activating group) is 1. The Bertz CT molecular complexity index is 263. The van der Waals surface area contributed by atoms with Crippen LogP contribution < -0.4 is 5.32 Å². The van der Waals surface area contributed by atoms with Gasteiger partial charge in [0.15, 0.2) is 0 Å². The molecule has 0 aromatic carbocycles. The summed E-state index contributed by atoms with van der Waals surface area (Å²) >= 11 is 0. The molecule has 18 heavy (non-hydrogen) atoms. The summed E-state index contributed by atoms with van der Waals surface area (Å²) in [5.41, 5.74) is -0.451. The van der Waals surface area contributed by atoms with Crippen LogP contribution in [0.15, 0.2) is 0 Å². The largest absolute Gasteiger partial charge is 0.396 e. The van der Waals surface area contributed by atoms with Gasteiger partial charge in [0, 0.05) is 45.9 Å². The van der Waals surface area contributed by atoms with Gasteiger partial charge in [0.2, 0.25) is 5.91 Å². The number of amides is 1. The van der Waals surface area contributed by atoms with Crippen molar-refractivity contribution >= 4 is 5.91 Å². The van der Waals surface area contributed by atoms with Gasteiger partial charge in [0.1, 0.15) is 0 Å². The van der Waals surface area contributed by atoms with Crippen LogP contribution in [0.5, 0.6) is 0 Å². The number of carbonyl (C=O) groups is 1. The van der Waals surface area contributed by atoms with Crippen LogP contribution in [0.4, 0.5) is 0 Å². The first-order chi connectivity index (χ1) is 8.54. The summed E-state index contributed by atoms with van der Waals surface area (Å²) in [5.74, 6) is 0.167. The van der Waals surface area contributed by atoms with Crippen molar-refractivity contribution in [3.8, 4) is 0 Å². The Morgan fingerprint density at radius 1 is 1.39 bits per heavy atom. The van der Waals surface area contributed by atoms with Gasteiger partial charge in [0.05, 0.1) is 5.54 Å². The van der Waals surface area contributed by atoms with Crippen molar-refractivity contribution in [2.45, 2.75) is 32.7 Å². The third-order valence-electron chi connectivity index (χ3n) is 3.69. The number of aliphatic hydroxyl groups is 1. The second-order valence-corrected chi connectivity index (χ2v) is 5.26. The molecule has 0 aromatic heterocycles. The number of piperazine rings is 1. The lowest BCUT2D eigenvalue weighted by molar-refractivity contribution is -0.143. The first kappa shape index (κ1) is 15.4. The molecule has 0 aliphatic carbocycles. The van der Waals surface area contributed by atoms with Gasteiger partial charge in [-0.3, -0.25) is 9.69 Å². The van der Waals surface area contributed by atoms with Crippen molar-refractivity contribution in [3.63, 3.8) is 0 Å². The van der Waals surface area contributed by atoms with Crippen molar-refractivity contribution in [3.05, 3.63) is 0 Å². The van der Waals surface area contributed by atoms with Crippen LogP contribution in [0.2, 0.25) is 0 Å². The molecule has 0 aromatic rings. The zero-order valence-corrected chi connectivity index (χ0v) is 11.9. The highest BCUT2D eigenvalue weighted by atomic mass is 16.3. The lowest BCUT2D eigenvalue weighted by Gasteiger charge is -2.42. The zero-order chi connectivity index (χ0) is 13.6. The highest BCUT2D eigenvalue weighted by Crippen LogP contribution is 2.18. The molecule has 1 saturated heterocycles. The van der Waals surface area contributed by atoms with Crippen molar-refractivity contribution in [2.24, 2.45) is 0 Å². The Morgan fingerprint density at radius 2 is 2.00 bits per heavy atom. The predicted octanol–water partition coefficient (Wildman–Crippen LogP) is -0.0989. The molecular weight excluding hydrogens is 230 g/mol. The van der Waals surface area contributed by atoms with E-state index < -0.39 is 5.54 Å². The number of rotatable bonds is 6. The minimum Gasteiger partial charge on any atom is -0.396 e. The zero-order valence-electron chi connectivity index (χ0n) is 11.9. The van der Waals surface area contributed by atoms with Crippen LogP contribution in [-0.4, -0.2) is 72.2 Å². The maximum Gasteiger partial charge on any atom is 0.242 e. The van der Waals surface area contributed by atoms with E-state index in [-0.39, 0.29) is 12.5 Å². The van der Waals surface area contributed by atoms with E-state index in [1.54, 1.807) is 0 Å². The van der Waals surface area contributed by atoms with Crippen LogP contribution in [-0.2, 0) is 4.79 Å². The fourth-order valence-corrected chi connectivity index (χ4v) is 2.41. The number of aliphatic hydroxyl groups excluding tert-OH is 1. The van der Waals surface area contributed by atoms with E-state index in [4.69, 9.17) is 5.11 Å². The summed E-state index contributed by atoms with van der Waals surface area (Å²) in [6, 6.07) is 0. The molecule has 5 heteroatoms. The van der Waals surface area contributed by atoms with Crippen LogP contribution in [0.25, 0.3) is 0 Å². The molecule has 0 spiro atoms. The number of hydrogen-bond donors (Lipinski definition) is 2. The number of hydrogen-bond acceptors (Lipinski definition) is 4. The van der Waals surface area contributed by atoms with Gasteiger partial charge < -0.3 is 15.3 Å². The summed E-state index contributed by atoms with van der Waals surface area (Å²) in [6.45, 7) is 11.2. The maximum atomic E-state index is 12.6. The molecule has 0 bridgehead atoms. The Kier molecular flexibility index (Phi) is 6.05. The van der Waals surface area contributed by atoms with Gasteiger partial charge in [-0.05, 0) is 27.2 Å². The normalized spacial score (nSPS) is 17.8. The van der Waals surface area contributed by atoms with E-state index in [0.717, 1.165) is 26.2 Å². The van der Waals surface area contributed by atoms with Crippen molar-refractivity contribution < 1.29 is 9.90 Å². The lowest BCUT2D eigenvalue weighted by Crippen LogP contribution is -2.60. The molecule has 0 atom stereocenters. The standard InChI is InChI=1S/C13H27N3O2/c1-4-15(8-5-11-17)12(18)13(2,3)16-9-6-14-7-10-16/h14,17H,4-11H2,1-3H3. The molecule has 1 amide bonds. The van der Waals surface area contributed by atoms with E-state index in [1.165, 1.54) is 0 Å². The van der Waals surface area contributed by atoms with E-state index in [2.05, 4.69) is 10.2 Å². The number of nitrogens with one attached hydrogen (secondary N) is 1. The quantitative estimate of drug-likeness (QED) is 0.698. The Hall–Kier alpha value is -0.650. The summed E-state index contributed by atoms with van der Waals surface area (Å²) in [7, 11) is 0. The molecule has 1 aliphatic rings. The van der Waals surface area contributed by atoms with Crippen molar-refractivity contribution in [2.75, 3.05) is 45.9 Å². The second-order valence-electron chi connectivity index (χ2n) is 5.26. The van der Waals surface area contributed by atoms with Crippen molar-refractivity contribution in [1.82, 2.24) is 15.1 Å². The molecule has 5 nitrogen and oxygen atoms in total. The Balaban J connectivity index is 2.65. The summed E-state index contributed by atoms with van der Waals surface area (Å²) in [5, 5.41) is 12.2. The van der Waals surface area contributed by atoms with E-state index >= 15 is 0 Å². The minimum absolute atomic E-state index is 0.137. The fraction of sp³-hybridized carbons (Fsp3) is 0.923. The average Bonchev–Trinajstić information content (AvgIpc) is 2.40. The molecule has 1 heterocycles. The van der Waals surface area contributed by atoms with Crippen molar-refractivity contribution in [1.29, 1.82) is 0 Å². The van der Waals surface area contributed by atoms with Crippen LogP contribution >= 0.6 is 0 Å². The second kappa shape index (κ2) is 7.07. The van der Waals surface area contributed by atoms with Gasteiger partial charge >= 0.3 is 0 Å². The number of carbonyl (C=O) groups excluding carboxylic acids is 1. The first-order valence-electron chi connectivity index (χ1n) is 6.90. The van der Waals surface area contributed by atoms with E-state index in [1.807, 2.05) is 25.7 Å². The smallest absolute Gasteiger partial charge is 0.242 e. The molecule has 1 aliphatic heterocycles. The molecular formula is C13H27N3O2. The van der Waals surface area contributed by atoms with E-state index in [0.29, 0.717) is 19.5 Å². The third kappa shape index (κ3) is 3.67. The first-order valence-corrected chi connectivity index (χ1v) is 6.90. The van der Waals surface area contributed by atoms with Gasteiger partial charge in [-0.25, -0.2) is 0 Å². The topological polar surface area (TPSA) is 55.8 Å². The average molecular weight is 257 g/mol. The van der Waals surface area contributed by atoms with Crippen LogP contribution in [0.3, 0.4) is 0 Å². The van der Waals surface area contributed by atoms with Gasteiger partial charge in [-0.1, -0.05) is 0 Å². The van der Waals surface area contributed by atoms with Gasteiger partial charge in [-0.2, -0.15) is 0 Å². The fourth-order valence-electron chi connectivity index (χ4n) is 2.41. The van der Waals surface area contributed by atoms with Gasteiger partial charge in [0.25, 0.3) is 0 Å². The Labute approximate surface area is 110 Å². The van der Waals surface area contributed by atoms with Crippen LogP contribution in [0, 0.1) is 0 Å². The highest BCUT2D eigenvalue weighted by Gasteiger charge is 2.37. The number of nitrogens with zero attached hydrogens (tertiary/aromatic N) is 2.